The van der Waals surface area contributed by atoms with E-state index in [1.807, 2.05) is 12.3 Å². The maximum atomic E-state index is 6.40. The lowest BCUT2D eigenvalue weighted by atomic mass is 9.89. The van der Waals surface area contributed by atoms with Crippen molar-refractivity contribution in [2.75, 3.05) is 20.2 Å². The number of hydrogen-bond acceptors (Lipinski definition) is 5. The largest absolute Gasteiger partial charge is 0.481 e. The lowest BCUT2D eigenvalue weighted by Crippen LogP contribution is -2.54. The molecule has 28 heavy (non-hydrogen) atoms. The zero-order valence-corrected chi connectivity index (χ0v) is 16.5. The maximum Gasteiger partial charge on any atom is 0.213 e. The molecule has 1 aromatic carbocycles. The normalized spacial score (nSPS) is 21.6. The number of hydrogen-bond donors (Lipinski definition) is 0. The van der Waals surface area contributed by atoms with Gasteiger partial charge in [-0.3, -0.25) is 4.90 Å². The second-order valence-corrected chi connectivity index (χ2v) is 8.25. The van der Waals surface area contributed by atoms with Crippen LogP contribution in [-0.4, -0.2) is 41.9 Å². The Morgan fingerprint density at radius 1 is 1.14 bits per heavy atom. The van der Waals surface area contributed by atoms with Gasteiger partial charge >= 0.3 is 0 Å². The number of ether oxygens (including phenoxy) is 3. The summed E-state index contributed by atoms with van der Waals surface area (Å²) in [4.78, 5) is 6.92. The highest BCUT2D eigenvalue weighted by Gasteiger charge is 2.42. The highest BCUT2D eigenvalue weighted by molar-refractivity contribution is 5.40. The van der Waals surface area contributed by atoms with Gasteiger partial charge in [-0.15, -0.1) is 0 Å². The lowest BCUT2D eigenvalue weighted by Gasteiger charge is -2.47. The summed E-state index contributed by atoms with van der Waals surface area (Å²) < 4.78 is 17.8. The average molecular weight is 380 g/mol. The van der Waals surface area contributed by atoms with Crippen LogP contribution in [0.15, 0.2) is 36.5 Å². The van der Waals surface area contributed by atoms with Crippen molar-refractivity contribution < 1.29 is 14.2 Å². The molecule has 1 saturated heterocycles. The van der Waals surface area contributed by atoms with Gasteiger partial charge in [0.1, 0.15) is 5.75 Å². The lowest BCUT2D eigenvalue weighted by molar-refractivity contribution is -0.231. The molecule has 5 nitrogen and oxygen atoms in total. The summed E-state index contributed by atoms with van der Waals surface area (Å²) in [5.74, 6) is 1.21. The highest BCUT2D eigenvalue weighted by Crippen LogP contribution is 2.39. The minimum Gasteiger partial charge on any atom is -0.481 e. The van der Waals surface area contributed by atoms with Gasteiger partial charge in [0, 0.05) is 49.8 Å². The first-order valence-corrected chi connectivity index (χ1v) is 10.4. The molecule has 0 unspecified atom stereocenters. The number of piperidine rings is 1. The molecule has 2 aromatic rings. The van der Waals surface area contributed by atoms with Crippen molar-refractivity contribution in [1.29, 1.82) is 0 Å². The molecule has 5 heteroatoms. The fourth-order valence-electron chi connectivity index (χ4n) is 4.49. The number of likely N-dealkylation sites (tertiary alicyclic amines) is 1. The molecule has 3 heterocycles. The second kappa shape index (κ2) is 7.37. The second-order valence-electron chi connectivity index (χ2n) is 8.25. The van der Waals surface area contributed by atoms with Crippen molar-refractivity contribution in [3.8, 4) is 11.6 Å². The zero-order valence-electron chi connectivity index (χ0n) is 16.5. The predicted molar refractivity (Wildman–Crippen MR) is 107 cm³/mol. The maximum absolute atomic E-state index is 6.40. The molecule has 148 valence electrons. The third-order valence-electron chi connectivity index (χ3n) is 6.48. The number of fused-ring (bicyclic) bond motifs is 1. The number of benzene rings is 1. The van der Waals surface area contributed by atoms with Gasteiger partial charge in [-0.2, -0.15) is 0 Å². The van der Waals surface area contributed by atoms with E-state index in [1.165, 1.54) is 30.4 Å². The summed E-state index contributed by atoms with van der Waals surface area (Å²) >= 11 is 0. The van der Waals surface area contributed by atoms with Crippen LogP contribution in [0.3, 0.4) is 0 Å². The summed E-state index contributed by atoms with van der Waals surface area (Å²) in [6, 6.07) is 11.2. The summed E-state index contributed by atoms with van der Waals surface area (Å²) in [6.45, 7) is 2.80. The summed E-state index contributed by atoms with van der Waals surface area (Å²) in [7, 11) is 1.63. The highest BCUT2D eigenvalue weighted by atomic mass is 16.7. The predicted octanol–water partition coefficient (Wildman–Crippen LogP) is 3.93. The van der Waals surface area contributed by atoms with E-state index in [-0.39, 0.29) is 0 Å². The Bertz CT molecular complexity index is 824. The van der Waals surface area contributed by atoms with Gasteiger partial charge in [-0.25, -0.2) is 4.98 Å². The van der Waals surface area contributed by atoms with Gasteiger partial charge in [0.2, 0.25) is 11.7 Å². The van der Waals surface area contributed by atoms with Crippen LogP contribution in [0.2, 0.25) is 0 Å². The van der Waals surface area contributed by atoms with Crippen molar-refractivity contribution in [3.63, 3.8) is 0 Å². The summed E-state index contributed by atoms with van der Waals surface area (Å²) in [6.07, 6.45) is 8.75. The minimum atomic E-state index is -0.422. The van der Waals surface area contributed by atoms with E-state index in [2.05, 4.69) is 34.1 Å². The SMILES string of the molecule is COc1ccc(Cc2ccc3c(c2)COC2(CCN(C4CCC4)CC2)O3)cn1. The fourth-order valence-corrected chi connectivity index (χ4v) is 4.49. The molecular formula is C23H28N2O3. The average Bonchev–Trinajstić information content (AvgIpc) is 2.69. The van der Waals surface area contributed by atoms with Crippen LogP contribution in [-0.2, 0) is 17.8 Å². The van der Waals surface area contributed by atoms with E-state index < -0.39 is 5.79 Å². The fraction of sp³-hybridized carbons (Fsp3) is 0.522. The van der Waals surface area contributed by atoms with E-state index in [1.54, 1.807) is 7.11 Å². The van der Waals surface area contributed by atoms with E-state index in [9.17, 15) is 0 Å². The summed E-state index contributed by atoms with van der Waals surface area (Å²) in [5.41, 5.74) is 3.55. The standard InChI is InChI=1S/C23H28N2O3/c1-26-22-8-6-18(15-24-22)13-17-5-7-21-19(14-17)16-27-23(28-21)9-11-25(12-10-23)20-3-2-4-20/h5-8,14-15,20H,2-4,9-13,16H2,1H3. The van der Waals surface area contributed by atoms with E-state index >= 15 is 0 Å². The molecule has 1 spiro atoms. The van der Waals surface area contributed by atoms with Crippen LogP contribution in [0.4, 0.5) is 0 Å². The quantitative estimate of drug-likeness (QED) is 0.804. The van der Waals surface area contributed by atoms with E-state index in [0.29, 0.717) is 12.5 Å². The number of methoxy groups -OCH3 is 1. The van der Waals surface area contributed by atoms with Gasteiger partial charge in [0.15, 0.2) is 0 Å². The van der Waals surface area contributed by atoms with Crippen LogP contribution in [0.1, 0.15) is 48.8 Å². The van der Waals surface area contributed by atoms with E-state index in [4.69, 9.17) is 14.2 Å². The monoisotopic (exact) mass is 380 g/mol. The summed E-state index contributed by atoms with van der Waals surface area (Å²) in [5, 5.41) is 0. The molecule has 1 aliphatic carbocycles. The van der Waals surface area contributed by atoms with Crippen LogP contribution < -0.4 is 9.47 Å². The molecule has 5 rings (SSSR count). The Morgan fingerprint density at radius 3 is 2.64 bits per heavy atom. The Morgan fingerprint density at radius 2 is 1.96 bits per heavy atom. The first-order valence-electron chi connectivity index (χ1n) is 10.4. The van der Waals surface area contributed by atoms with Crippen molar-refractivity contribution in [1.82, 2.24) is 9.88 Å². The van der Waals surface area contributed by atoms with Crippen molar-refractivity contribution in [2.24, 2.45) is 0 Å². The third kappa shape index (κ3) is 3.49. The molecule has 1 aromatic heterocycles. The van der Waals surface area contributed by atoms with Crippen LogP contribution in [0, 0.1) is 0 Å². The van der Waals surface area contributed by atoms with Crippen LogP contribution in [0.25, 0.3) is 0 Å². The Labute approximate surface area is 166 Å². The van der Waals surface area contributed by atoms with Gasteiger partial charge in [0.25, 0.3) is 0 Å². The Hall–Kier alpha value is -2.11. The number of nitrogens with zero attached hydrogens (tertiary/aromatic N) is 2. The smallest absolute Gasteiger partial charge is 0.213 e. The minimum absolute atomic E-state index is 0.422. The molecule has 2 fully saturated rings. The molecule has 2 aliphatic heterocycles. The molecule has 0 bridgehead atoms. The zero-order chi connectivity index (χ0) is 19.0. The molecular weight excluding hydrogens is 352 g/mol. The van der Waals surface area contributed by atoms with Crippen LogP contribution >= 0.6 is 0 Å². The molecule has 0 amide bonds. The van der Waals surface area contributed by atoms with Gasteiger partial charge in [-0.1, -0.05) is 18.6 Å². The number of pyridine rings is 1. The molecule has 3 aliphatic rings. The molecule has 1 saturated carbocycles. The molecule has 0 atom stereocenters. The van der Waals surface area contributed by atoms with Crippen molar-refractivity contribution in [2.45, 2.75) is 57.0 Å². The Balaban J connectivity index is 1.24. The van der Waals surface area contributed by atoms with Gasteiger partial charge < -0.3 is 14.2 Å². The first-order chi connectivity index (χ1) is 13.7. The van der Waals surface area contributed by atoms with Crippen LogP contribution in [0.5, 0.6) is 11.6 Å². The molecule has 0 N–H and O–H groups in total. The number of rotatable bonds is 4. The van der Waals surface area contributed by atoms with E-state index in [0.717, 1.165) is 49.7 Å². The Kier molecular flexibility index (Phi) is 4.73. The topological polar surface area (TPSA) is 43.8 Å². The number of aromatic nitrogens is 1. The van der Waals surface area contributed by atoms with Gasteiger partial charge in [-0.05, 0) is 42.5 Å². The third-order valence-corrected chi connectivity index (χ3v) is 6.48. The van der Waals surface area contributed by atoms with Gasteiger partial charge in [0.05, 0.1) is 13.7 Å². The van der Waals surface area contributed by atoms with Crippen molar-refractivity contribution >= 4 is 0 Å². The molecule has 0 radical (unpaired) electrons. The first kappa shape index (κ1) is 18.0. The van der Waals surface area contributed by atoms with Crippen molar-refractivity contribution in [3.05, 3.63) is 53.2 Å².